The topological polar surface area (TPSA) is 28.2 Å². The van der Waals surface area contributed by atoms with Crippen LogP contribution in [0.5, 0.6) is 0 Å². The van der Waals surface area contributed by atoms with Crippen molar-refractivity contribution in [3.8, 4) is 0 Å². The van der Waals surface area contributed by atoms with E-state index < -0.39 is 0 Å². The Morgan fingerprint density at radius 2 is 2.18 bits per heavy atom. The van der Waals surface area contributed by atoms with Gasteiger partial charge in [-0.25, -0.2) is 4.98 Å². The first-order chi connectivity index (χ1) is 8.36. The van der Waals surface area contributed by atoms with Crippen LogP contribution in [0.25, 0.3) is 10.2 Å². The maximum absolute atomic E-state index is 4.61. The number of aromatic nitrogens is 1. The number of aryl methyl sites for hydroxylation is 1. The maximum Gasteiger partial charge on any atom is 0.0935 e. The van der Waals surface area contributed by atoms with Crippen molar-refractivity contribution in [1.82, 2.24) is 10.3 Å². The molecule has 0 bridgehead atoms. The zero-order valence-corrected chi connectivity index (χ0v) is 10.9. The second-order valence-corrected chi connectivity index (χ2v) is 5.47. The van der Waals surface area contributed by atoms with Gasteiger partial charge in [0.15, 0.2) is 0 Å². The summed E-state index contributed by atoms with van der Waals surface area (Å²) < 4.78 is 1.32. The van der Waals surface area contributed by atoms with Crippen LogP contribution in [0.3, 0.4) is 0 Å². The average Bonchev–Trinajstić information content (AvgIpc) is 2.81. The Morgan fingerprint density at radius 1 is 1.35 bits per heavy atom. The van der Waals surface area contributed by atoms with E-state index in [1.165, 1.54) is 15.4 Å². The number of anilines is 1. The van der Waals surface area contributed by atoms with Crippen LogP contribution in [0.15, 0.2) is 18.2 Å². The monoisotopic (exact) mass is 247 g/mol. The molecule has 0 saturated carbocycles. The molecule has 0 atom stereocenters. The predicted octanol–water partition coefficient (Wildman–Crippen LogP) is 2.27. The van der Waals surface area contributed by atoms with E-state index >= 15 is 0 Å². The minimum absolute atomic E-state index is 1.03. The van der Waals surface area contributed by atoms with Gasteiger partial charge in [0.2, 0.25) is 0 Å². The Kier molecular flexibility index (Phi) is 2.99. The molecule has 1 aliphatic rings. The quantitative estimate of drug-likeness (QED) is 0.882. The molecule has 0 aliphatic carbocycles. The van der Waals surface area contributed by atoms with Crippen molar-refractivity contribution in [3.63, 3.8) is 0 Å². The minimum Gasteiger partial charge on any atom is -0.369 e. The third-order valence-corrected chi connectivity index (χ3v) is 4.36. The van der Waals surface area contributed by atoms with Gasteiger partial charge in [-0.1, -0.05) is 6.92 Å². The zero-order chi connectivity index (χ0) is 11.7. The molecule has 3 rings (SSSR count). The number of rotatable bonds is 2. The molecule has 2 heterocycles. The van der Waals surface area contributed by atoms with Gasteiger partial charge in [0.05, 0.1) is 15.2 Å². The van der Waals surface area contributed by atoms with Crippen molar-refractivity contribution in [2.24, 2.45) is 0 Å². The number of nitrogens with one attached hydrogen (secondary N) is 1. The lowest BCUT2D eigenvalue weighted by Gasteiger charge is -2.29. The van der Waals surface area contributed by atoms with Crippen molar-refractivity contribution in [3.05, 3.63) is 23.2 Å². The Balaban J connectivity index is 1.94. The van der Waals surface area contributed by atoms with E-state index in [2.05, 4.69) is 40.3 Å². The first-order valence-corrected chi connectivity index (χ1v) is 7.03. The molecule has 4 heteroatoms. The second-order valence-electron chi connectivity index (χ2n) is 4.35. The number of fused-ring (bicyclic) bond motifs is 1. The number of hydrogen-bond acceptors (Lipinski definition) is 4. The molecule has 0 unspecified atom stereocenters. The van der Waals surface area contributed by atoms with Gasteiger partial charge in [-0.15, -0.1) is 11.3 Å². The first-order valence-electron chi connectivity index (χ1n) is 6.22. The van der Waals surface area contributed by atoms with Crippen molar-refractivity contribution >= 4 is 27.2 Å². The van der Waals surface area contributed by atoms with Crippen LogP contribution in [-0.2, 0) is 6.42 Å². The largest absolute Gasteiger partial charge is 0.369 e. The number of hydrogen-bond donors (Lipinski definition) is 1. The third kappa shape index (κ3) is 2.15. The van der Waals surface area contributed by atoms with Crippen LogP contribution < -0.4 is 10.2 Å². The summed E-state index contributed by atoms with van der Waals surface area (Å²) in [5.74, 6) is 0. The lowest BCUT2D eigenvalue weighted by molar-refractivity contribution is 0.589. The minimum atomic E-state index is 1.03. The molecule has 0 amide bonds. The van der Waals surface area contributed by atoms with E-state index in [4.69, 9.17) is 0 Å². The molecule has 1 aliphatic heterocycles. The van der Waals surface area contributed by atoms with E-state index in [1.54, 1.807) is 0 Å². The summed E-state index contributed by atoms with van der Waals surface area (Å²) in [7, 11) is 0. The van der Waals surface area contributed by atoms with E-state index in [9.17, 15) is 0 Å². The number of thiazole rings is 1. The molecular formula is C13H17N3S. The molecule has 1 saturated heterocycles. The SMILES string of the molecule is CCc1nc2ccc(N3CCNCC3)cc2s1. The number of piperazine rings is 1. The summed E-state index contributed by atoms with van der Waals surface area (Å²) in [5, 5.41) is 4.62. The molecule has 17 heavy (non-hydrogen) atoms. The van der Waals surface area contributed by atoms with E-state index in [1.807, 2.05) is 11.3 Å². The highest BCUT2D eigenvalue weighted by atomic mass is 32.1. The third-order valence-electron chi connectivity index (χ3n) is 3.20. The summed E-state index contributed by atoms with van der Waals surface area (Å²) in [6.07, 6.45) is 1.03. The van der Waals surface area contributed by atoms with Gasteiger partial charge in [-0.3, -0.25) is 0 Å². The van der Waals surface area contributed by atoms with Crippen molar-refractivity contribution in [2.75, 3.05) is 31.1 Å². The van der Waals surface area contributed by atoms with Gasteiger partial charge in [0.1, 0.15) is 0 Å². The molecule has 0 spiro atoms. The molecule has 1 fully saturated rings. The molecule has 1 N–H and O–H groups in total. The Labute approximate surface area is 105 Å². The van der Waals surface area contributed by atoms with Crippen LogP contribution in [-0.4, -0.2) is 31.2 Å². The van der Waals surface area contributed by atoms with Crippen LogP contribution in [0, 0.1) is 0 Å². The highest BCUT2D eigenvalue weighted by molar-refractivity contribution is 7.18. The molecule has 3 nitrogen and oxygen atoms in total. The van der Waals surface area contributed by atoms with Crippen molar-refractivity contribution < 1.29 is 0 Å². The molecule has 90 valence electrons. The summed E-state index contributed by atoms with van der Waals surface area (Å²) in [5.41, 5.74) is 2.48. The molecule has 1 aromatic heterocycles. The summed E-state index contributed by atoms with van der Waals surface area (Å²) in [6, 6.07) is 6.65. The average molecular weight is 247 g/mol. The highest BCUT2D eigenvalue weighted by Crippen LogP contribution is 2.27. The maximum atomic E-state index is 4.61. The number of nitrogens with zero attached hydrogens (tertiary/aromatic N) is 2. The molecule has 1 aromatic carbocycles. The smallest absolute Gasteiger partial charge is 0.0935 e. The van der Waals surface area contributed by atoms with Gasteiger partial charge in [0.25, 0.3) is 0 Å². The summed E-state index contributed by atoms with van der Waals surface area (Å²) >= 11 is 1.82. The van der Waals surface area contributed by atoms with E-state index in [0.29, 0.717) is 0 Å². The number of benzene rings is 1. The van der Waals surface area contributed by atoms with Gasteiger partial charge in [0, 0.05) is 31.9 Å². The fourth-order valence-electron chi connectivity index (χ4n) is 2.23. The van der Waals surface area contributed by atoms with Crippen molar-refractivity contribution in [2.45, 2.75) is 13.3 Å². The van der Waals surface area contributed by atoms with Crippen molar-refractivity contribution in [1.29, 1.82) is 0 Å². The fourth-order valence-corrected chi connectivity index (χ4v) is 3.17. The Morgan fingerprint density at radius 3 is 2.94 bits per heavy atom. The van der Waals surface area contributed by atoms with Gasteiger partial charge in [-0.2, -0.15) is 0 Å². The summed E-state index contributed by atoms with van der Waals surface area (Å²) in [6.45, 7) is 6.53. The van der Waals surface area contributed by atoms with E-state index in [0.717, 1.165) is 38.1 Å². The van der Waals surface area contributed by atoms with Gasteiger partial charge >= 0.3 is 0 Å². The van der Waals surface area contributed by atoms with Crippen LogP contribution in [0.2, 0.25) is 0 Å². The van der Waals surface area contributed by atoms with Crippen LogP contribution in [0.4, 0.5) is 5.69 Å². The zero-order valence-electron chi connectivity index (χ0n) is 10.1. The first kappa shape index (κ1) is 11.0. The normalized spacial score (nSPS) is 16.6. The molecule has 0 radical (unpaired) electrons. The second kappa shape index (κ2) is 4.63. The van der Waals surface area contributed by atoms with Gasteiger partial charge in [-0.05, 0) is 24.6 Å². The lowest BCUT2D eigenvalue weighted by atomic mass is 10.2. The predicted molar refractivity (Wildman–Crippen MR) is 74.1 cm³/mol. The summed E-state index contributed by atoms with van der Waals surface area (Å²) in [4.78, 5) is 7.05. The standard InChI is InChI=1S/C13H17N3S/c1-2-13-15-11-4-3-10(9-12(11)17-13)16-7-5-14-6-8-16/h3-4,9,14H,2,5-8H2,1H3. The molecular weight excluding hydrogens is 230 g/mol. The Hall–Kier alpha value is -1.13. The van der Waals surface area contributed by atoms with Gasteiger partial charge < -0.3 is 10.2 Å². The van der Waals surface area contributed by atoms with Crippen LogP contribution >= 0.6 is 11.3 Å². The Bertz CT molecular complexity index is 514. The lowest BCUT2D eigenvalue weighted by Crippen LogP contribution is -2.43. The fraction of sp³-hybridized carbons (Fsp3) is 0.462. The highest BCUT2D eigenvalue weighted by Gasteiger charge is 2.11. The van der Waals surface area contributed by atoms with Crippen LogP contribution in [0.1, 0.15) is 11.9 Å². The van der Waals surface area contributed by atoms with E-state index in [-0.39, 0.29) is 0 Å². The molecule has 2 aromatic rings.